The van der Waals surface area contributed by atoms with Gasteiger partial charge in [0.1, 0.15) is 0 Å². The number of carbonyl (C=O) groups excluding carboxylic acids is 1. The number of halogens is 1. The van der Waals surface area contributed by atoms with Crippen LogP contribution >= 0.6 is 0 Å². The highest BCUT2D eigenvalue weighted by Gasteiger charge is 2.12. The Kier molecular flexibility index (Phi) is 20.0. The highest BCUT2D eigenvalue weighted by atomic mass is 19.1. The minimum atomic E-state index is -0.879. The summed E-state index contributed by atoms with van der Waals surface area (Å²) in [5, 5.41) is 0. The van der Waals surface area contributed by atoms with Crippen molar-refractivity contribution in [2.45, 2.75) is 60.8 Å². The minimum Gasteiger partial charge on any atom is -0.340 e. The molecule has 0 aliphatic carbocycles. The topological polar surface area (TPSA) is 20.3 Å². The van der Waals surface area contributed by atoms with Crippen LogP contribution < -0.4 is 0 Å². The van der Waals surface area contributed by atoms with Crippen molar-refractivity contribution in [2.24, 2.45) is 5.92 Å². The number of likely N-dealkylation sites (N-methyl/N-ethyl adjacent to an activating group) is 1. The zero-order valence-electron chi connectivity index (χ0n) is 13.3. The molecule has 0 aromatic heterocycles. The number of nitrogens with zero attached hydrogens (tertiary/aromatic N) is 1. The number of carbonyl (C=O) groups is 1. The molecular weight excluding hydrogens is 229 g/mol. The smallest absolute Gasteiger partial charge is 0.281 e. The van der Waals surface area contributed by atoms with Gasteiger partial charge < -0.3 is 4.90 Å². The number of hydrogen-bond acceptors (Lipinski definition) is 1. The maximum atomic E-state index is 12.4. The monoisotopic (exact) mass is 261 g/mol. The summed E-state index contributed by atoms with van der Waals surface area (Å²) in [6, 6.07) is 0. The molecule has 0 saturated carbocycles. The zero-order chi connectivity index (χ0) is 15.1. The lowest BCUT2D eigenvalue weighted by Gasteiger charge is -2.18. The van der Waals surface area contributed by atoms with E-state index in [1.165, 1.54) is 4.90 Å². The SMILES string of the molecule is C=C(F)C(=O)N(C)CCC(C)CCC.CC.CC. The van der Waals surface area contributed by atoms with E-state index >= 15 is 0 Å². The molecule has 0 aliphatic heterocycles. The summed E-state index contributed by atoms with van der Waals surface area (Å²) in [5.41, 5.74) is 0. The van der Waals surface area contributed by atoms with Crippen molar-refractivity contribution in [1.82, 2.24) is 4.90 Å². The van der Waals surface area contributed by atoms with Crippen LogP contribution in [0.4, 0.5) is 4.39 Å². The molecule has 0 spiro atoms. The van der Waals surface area contributed by atoms with Crippen molar-refractivity contribution in [1.29, 1.82) is 0 Å². The van der Waals surface area contributed by atoms with E-state index in [1.807, 2.05) is 27.7 Å². The van der Waals surface area contributed by atoms with Gasteiger partial charge in [0, 0.05) is 13.6 Å². The summed E-state index contributed by atoms with van der Waals surface area (Å²) in [6.07, 6.45) is 3.22. The molecule has 0 aliphatic rings. The molecule has 0 aromatic rings. The fourth-order valence-corrected chi connectivity index (χ4v) is 1.36. The minimum absolute atomic E-state index is 0.586. The van der Waals surface area contributed by atoms with E-state index in [1.54, 1.807) is 7.05 Å². The average Bonchev–Trinajstić information content (AvgIpc) is 2.40. The molecule has 0 heterocycles. The molecule has 0 saturated heterocycles. The zero-order valence-corrected chi connectivity index (χ0v) is 13.3. The number of rotatable bonds is 6. The van der Waals surface area contributed by atoms with Crippen LogP contribution in [0.1, 0.15) is 60.8 Å². The van der Waals surface area contributed by atoms with Crippen molar-refractivity contribution < 1.29 is 9.18 Å². The van der Waals surface area contributed by atoms with E-state index < -0.39 is 11.7 Å². The molecule has 0 rings (SSSR count). The van der Waals surface area contributed by atoms with Gasteiger partial charge in [0.25, 0.3) is 5.91 Å². The van der Waals surface area contributed by atoms with Gasteiger partial charge in [0.05, 0.1) is 0 Å². The van der Waals surface area contributed by atoms with Crippen LogP contribution in [0, 0.1) is 5.92 Å². The van der Waals surface area contributed by atoms with E-state index in [0.29, 0.717) is 12.5 Å². The second kappa shape index (κ2) is 16.1. The fraction of sp³-hybridized carbons (Fsp3) is 0.800. The predicted molar refractivity (Wildman–Crippen MR) is 79.3 cm³/mol. The van der Waals surface area contributed by atoms with Crippen LogP contribution in [-0.4, -0.2) is 24.4 Å². The molecular formula is C15H32FNO. The second-order valence-electron chi connectivity index (χ2n) is 3.81. The normalized spacial score (nSPS) is 10.2. The van der Waals surface area contributed by atoms with Gasteiger partial charge in [-0.15, -0.1) is 0 Å². The lowest BCUT2D eigenvalue weighted by atomic mass is 10.0. The van der Waals surface area contributed by atoms with E-state index in [9.17, 15) is 9.18 Å². The first-order valence-corrected chi connectivity index (χ1v) is 7.08. The van der Waals surface area contributed by atoms with Gasteiger partial charge in [-0.1, -0.05) is 61.0 Å². The molecule has 0 N–H and O–H groups in total. The van der Waals surface area contributed by atoms with Gasteiger partial charge in [-0.25, -0.2) is 4.39 Å². The quantitative estimate of drug-likeness (QED) is 0.628. The standard InChI is InChI=1S/C11H20FNO.2C2H6/c1-5-6-9(2)7-8-13(4)11(14)10(3)12;2*1-2/h9H,3,5-8H2,1-2,4H3;2*1-2H3. The highest BCUT2D eigenvalue weighted by Crippen LogP contribution is 2.11. The molecule has 2 nitrogen and oxygen atoms in total. The van der Waals surface area contributed by atoms with E-state index in [2.05, 4.69) is 20.4 Å². The molecule has 1 atom stereocenters. The van der Waals surface area contributed by atoms with Gasteiger partial charge in [-0.3, -0.25) is 4.79 Å². The first-order valence-electron chi connectivity index (χ1n) is 7.08. The van der Waals surface area contributed by atoms with Crippen LogP contribution in [0.25, 0.3) is 0 Å². The lowest BCUT2D eigenvalue weighted by Crippen LogP contribution is -2.28. The fourth-order valence-electron chi connectivity index (χ4n) is 1.36. The van der Waals surface area contributed by atoms with E-state index in [0.717, 1.165) is 19.3 Å². The van der Waals surface area contributed by atoms with Crippen molar-refractivity contribution >= 4 is 5.91 Å². The third kappa shape index (κ3) is 13.2. The maximum absolute atomic E-state index is 12.4. The van der Waals surface area contributed by atoms with Gasteiger partial charge >= 0.3 is 0 Å². The Morgan fingerprint density at radius 2 is 1.67 bits per heavy atom. The maximum Gasteiger partial charge on any atom is 0.281 e. The molecule has 1 unspecified atom stereocenters. The second-order valence-corrected chi connectivity index (χ2v) is 3.81. The largest absolute Gasteiger partial charge is 0.340 e. The van der Waals surface area contributed by atoms with Crippen molar-refractivity contribution in [3.8, 4) is 0 Å². The molecule has 3 heteroatoms. The van der Waals surface area contributed by atoms with Crippen LogP contribution in [0.5, 0.6) is 0 Å². The number of amides is 1. The van der Waals surface area contributed by atoms with Crippen molar-refractivity contribution in [2.75, 3.05) is 13.6 Å². The van der Waals surface area contributed by atoms with Gasteiger partial charge in [0.15, 0.2) is 5.83 Å². The summed E-state index contributed by atoms with van der Waals surface area (Å²) >= 11 is 0. The Morgan fingerprint density at radius 3 is 2.00 bits per heavy atom. The van der Waals surface area contributed by atoms with E-state index in [4.69, 9.17) is 0 Å². The summed E-state index contributed by atoms with van der Waals surface area (Å²) in [6.45, 7) is 15.9. The number of hydrogen-bond donors (Lipinski definition) is 0. The van der Waals surface area contributed by atoms with Gasteiger partial charge in [-0.2, -0.15) is 0 Å². The average molecular weight is 261 g/mol. The first-order chi connectivity index (χ1) is 8.49. The Balaban J connectivity index is -0.000000506. The van der Waals surface area contributed by atoms with Crippen molar-refractivity contribution in [3.05, 3.63) is 12.4 Å². The summed E-state index contributed by atoms with van der Waals surface area (Å²) in [7, 11) is 1.60. The van der Waals surface area contributed by atoms with Crippen LogP contribution in [-0.2, 0) is 4.79 Å². The molecule has 0 aromatic carbocycles. The summed E-state index contributed by atoms with van der Waals surface area (Å²) in [5.74, 6) is -0.896. The molecule has 18 heavy (non-hydrogen) atoms. The Hall–Kier alpha value is -0.860. The highest BCUT2D eigenvalue weighted by molar-refractivity contribution is 5.90. The molecule has 0 radical (unpaired) electrons. The van der Waals surface area contributed by atoms with Gasteiger partial charge in [-0.05, 0) is 12.3 Å². The molecule has 0 fully saturated rings. The molecule has 110 valence electrons. The third-order valence-corrected chi connectivity index (χ3v) is 2.32. The summed E-state index contributed by atoms with van der Waals surface area (Å²) < 4.78 is 12.4. The Morgan fingerprint density at radius 1 is 1.22 bits per heavy atom. The predicted octanol–water partition coefficient (Wildman–Crippen LogP) is 4.81. The van der Waals surface area contributed by atoms with E-state index in [-0.39, 0.29) is 0 Å². The molecule has 0 bridgehead atoms. The first kappa shape index (κ1) is 22.3. The van der Waals surface area contributed by atoms with Crippen molar-refractivity contribution in [3.63, 3.8) is 0 Å². The van der Waals surface area contributed by atoms with Crippen LogP contribution in [0.2, 0.25) is 0 Å². The van der Waals surface area contributed by atoms with Crippen LogP contribution in [0.15, 0.2) is 12.4 Å². The molecule has 1 amide bonds. The third-order valence-electron chi connectivity index (χ3n) is 2.32. The van der Waals surface area contributed by atoms with Crippen LogP contribution in [0.3, 0.4) is 0 Å². The lowest BCUT2D eigenvalue weighted by molar-refractivity contribution is -0.127. The summed E-state index contributed by atoms with van der Waals surface area (Å²) in [4.78, 5) is 12.4. The Bertz CT molecular complexity index is 205. The van der Waals surface area contributed by atoms with Gasteiger partial charge in [0.2, 0.25) is 0 Å². The Labute approximate surface area is 113 Å².